The van der Waals surface area contributed by atoms with Gasteiger partial charge in [0.1, 0.15) is 28.2 Å². The van der Waals surface area contributed by atoms with Gasteiger partial charge in [0.2, 0.25) is 27.9 Å². The van der Waals surface area contributed by atoms with E-state index in [1.165, 1.54) is 38.6 Å². The highest BCUT2D eigenvalue weighted by atomic mass is 32.2. The van der Waals surface area contributed by atoms with Crippen LogP contribution in [-0.2, 0) is 46.9 Å². The second kappa shape index (κ2) is 22.7. The number of fused-ring (bicyclic) bond motifs is 9. The van der Waals surface area contributed by atoms with Crippen LogP contribution in [-0.4, -0.2) is 101 Å². The highest BCUT2D eigenvalue weighted by Crippen LogP contribution is 2.40. The fraction of sp³-hybridized carbons (Fsp3) is 0.250. The lowest BCUT2D eigenvalue weighted by molar-refractivity contribution is -0.116. The molecule has 2 aliphatic rings. The number of Topliss-reactive ketones (excluding diaryl/α,β-unsaturated/α-hetero) is 1. The van der Waals surface area contributed by atoms with Crippen molar-refractivity contribution < 1.29 is 13.2 Å². The molecule has 0 aliphatic heterocycles. The van der Waals surface area contributed by atoms with Gasteiger partial charge in [-0.1, -0.05) is 35.6 Å². The van der Waals surface area contributed by atoms with Crippen molar-refractivity contribution in [1.29, 1.82) is 0 Å². The highest BCUT2D eigenvalue weighted by molar-refractivity contribution is 7.89. The van der Waals surface area contributed by atoms with Gasteiger partial charge in [-0.05, 0) is 129 Å². The number of hydrogen-bond acceptors (Lipinski definition) is 21. The summed E-state index contributed by atoms with van der Waals surface area (Å²) in [5.41, 5.74) is 13.5. The van der Waals surface area contributed by atoms with Gasteiger partial charge in [-0.15, -0.1) is 22.7 Å². The van der Waals surface area contributed by atoms with Crippen molar-refractivity contribution in [2.24, 2.45) is 5.14 Å². The number of hydrogen-bond donors (Lipinski definition) is 4. The zero-order valence-electron chi connectivity index (χ0n) is 45.1. The predicted octanol–water partition coefficient (Wildman–Crippen LogP) is 10.5. The number of sulfonamides is 1. The topological polar surface area (TPSA) is 239 Å². The summed E-state index contributed by atoms with van der Waals surface area (Å²) in [5, 5.41) is 18.6. The SMILES string of the molecule is CC(=O)Cc1cccc(Nc2ncc3c(n2)-c2nc(N(C)C)sc2CC3)c1.CN(C)c1nc2c(ccc3cnc(Nc4cccc(S(N)(=O)=O)c4)nc32)s1.Cc1cc(C)cc(Nc2ncc3c(n2)-c2nc(N(C)C)sc2CC3)c1. The van der Waals surface area contributed by atoms with Gasteiger partial charge in [-0.3, -0.25) is 4.79 Å². The van der Waals surface area contributed by atoms with Crippen LogP contribution >= 0.6 is 34.0 Å². The number of anilines is 9. The van der Waals surface area contributed by atoms with Crippen LogP contribution in [0.5, 0.6) is 0 Å². The van der Waals surface area contributed by atoms with Gasteiger partial charge in [0.25, 0.3) is 0 Å². The van der Waals surface area contributed by atoms with Gasteiger partial charge in [-0.25, -0.2) is 58.4 Å². The third-order valence-electron chi connectivity index (χ3n) is 12.6. The number of aromatic nitrogens is 9. The van der Waals surface area contributed by atoms with E-state index < -0.39 is 10.0 Å². The minimum absolute atomic E-state index is 0.0193. The van der Waals surface area contributed by atoms with Crippen molar-refractivity contribution in [2.45, 2.75) is 57.8 Å². The second-order valence-electron chi connectivity index (χ2n) is 19.8. The van der Waals surface area contributed by atoms with Crippen LogP contribution in [0.3, 0.4) is 0 Å². The standard InChI is InChI=1S/C20H21N5OS.C19H21N5S.C17H16N6O2S2/c1-12(26)9-13-5-4-6-15(10-13)22-19-21-11-14-7-8-16-18(17(14)23-19)24-20(27-16)25(2)3;1-11-7-12(2)9-14(8-11)21-18-20-10-13-5-6-15-17(16(13)22-18)23-19(25-15)24(3)4;1-23(2)17-22-15-13(26-17)7-6-10-9-19-16(21-14(10)15)20-11-4-3-5-12(8-11)27(18,24)25/h4-6,10-11H,7-9H2,1-3H3,(H,21,22,23);7-10H,5-6H2,1-4H3,(H,20,21,22);3-9H,1-2H3,(H2,18,24,25)(H,19,20,21). The van der Waals surface area contributed by atoms with Crippen molar-refractivity contribution in [1.82, 2.24) is 44.9 Å². The van der Waals surface area contributed by atoms with Crippen LogP contribution in [0.1, 0.15) is 44.5 Å². The Morgan fingerprint density at radius 2 is 1.08 bits per heavy atom. The maximum Gasteiger partial charge on any atom is 0.238 e. The molecule has 6 heterocycles. The summed E-state index contributed by atoms with van der Waals surface area (Å²) in [5.74, 6) is 1.66. The molecule has 6 aromatic heterocycles. The maximum absolute atomic E-state index is 11.5. The Bertz CT molecular complexity index is 4020. The van der Waals surface area contributed by atoms with Gasteiger partial charge >= 0.3 is 0 Å². The number of nitrogens with zero attached hydrogens (tertiary/aromatic N) is 12. The monoisotopic (exact) mass is 1130 g/mol. The molecule has 79 heavy (non-hydrogen) atoms. The van der Waals surface area contributed by atoms with Crippen LogP contribution < -0.4 is 35.8 Å². The third kappa shape index (κ3) is 12.6. The Hall–Kier alpha value is -8.09. The fourth-order valence-electron chi connectivity index (χ4n) is 8.93. The quantitative estimate of drug-likeness (QED) is 0.0889. The molecular formula is C56H58N16O3S4. The summed E-state index contributed by atoms with van der Waals surface area (Å²) >= 11 is 5.07. The van der Waals surface area contributed by atoms with Gasteiger partial charge < -0.3 is 30.7 Å². The normalized spacial score (nSPS) is 12.2. The number of thiazole rings is 3. The number of nitrogens with one attached hydrogen (secondary N) is 3. The molecule has 2 aliphatic carbocycles. The Morgan fingerprint density at radius 3 is 1.63 bits per heavy atom. The average molecular weight is 1130 g/mol. The number of ketones is 1. The zero-order chi connectivity index (χ0) is 55.7. The summed E-state index contributed by atoms with van der Waals surface area (Å²) in [7, 11) is 8.17. The molecule has 0 unspecified atom stereocenters. The molecular weight excluding hydrogens is 1070 g/mol. The summed E-state index contributed by atoms with van der Waals surface area (Å²) in [6.07, 6.45) is 9.87. The van der Waals surface area contributed by atoms with Gasteiger partial charge in [-0.2, -0.15) is 0 Å². The van der Waals surface area contributed by atoms with E-state index in [9.17, 15) is 13.2 Å². The molecule has 5 N–H and O–H groups in total. The van der Waals surface area contributed by atoms with Crippen molar-refractivity contribution in [2.75, 3.05) is 72.9 Å². The Labute approximate surface area is 470 Å². The number of primary sulfonamides is 1. The summed E-state index contributed by atoms with van der Waals surface area (Å²) in [4.78, 5) is 61.6. The van der Waals surface area contributed by atoms with Crippen LogP contribution in [0.15, 0.2) is 102 Å². The molecule has 0 amide bonds. The van der Waals surface area contributed by atoms with Gasteiger partial charge in [0.05, 0.1) is 21.0 Å². The van der Waals surface area contributed by atoms with Gasteiger partial charge in [0, 0.05) is 99.5 Å². The van der Waals surface area contributed by atoms with Crippen LogP contribution in [0, 0.1) is 13.8 Å². The summed E-state index contributed by atoms with van der Waals surface area (Å²) in [6, 6.07) is 24.3. The number of aryl methyl sites for hydroxylation is 6. The molecule has 19 nitrogen and oxygen atoms in total. The molecule has 0 bridgehead atoms. The number of nitrogens with two attached hydrogens (primary N) is 1. The second-order valence-corrected chi connectivity index (χ2v) is 24.5. The van der Waals surface area contributed by atoms with E-state index >= 15 is 0 Å². The zero-order valence-corrected chi connectivity index (χ0v) is 48.3. The average Bonchev–Trinajstić information content (AvgIpc) is 4.40. The minimum Gasteiger partial charge on any atom is -0.354 e. The Kier molecular flexibility index (Phi) is 15.6. The maximum atomic E-state index is 11.5. The van der Waals surface area contributed by atoms with E-state index in [1.807, 2.05) is 101 Å². The molecule has 0 fully saturated rings. The number of rotatable bonds is 12. The van der Waals surface area contributed by atoms with Gasteiger partial charge in [0.15, 0.2) is 15.4 Å². The molecule has 0 atom stereocenters. The predicted molar refractivity (Wildman–Crippen MR) is 321 cm³/mol. The lowest BCUT2D eigenvalue weighted by Crippen LogP contribution is -2.12. The lowest BCUT2D eigenvalue weighted by Gasteiger charge is -2.15. The van der Waals surface area contributed by atoms with E-state index in [1.54, 1.807) is 59.3 Å². The molecule has 0 saturated heterocycles. The number of carbonyl (C=O) groups is 1. The van der Waals surface area contributed by atoms with Crippen molar-refractivity contribution >= 4 is 121 Å². The molecule has 0 spiro atoms. The summed E-state index contributed by atoms with van der Waals surface area (Å²) in [6.45, 7) is 5.78. The first-order valence-electron chi connectivity index (χ1n) is 25.2. The molecule has 0 radical (unpaired) electrons. The molecule has 10 aromatic rings. The number of carbonyl (C=O) groups excluding carboxylic acids is 1. The largest absolute Gasteiger partial charge is 0.354 e. The first-order valence-corrected chi connectivity index (χ1v) is 29.2. The molecule has 23 heteroatoms. The van der Waals surface area contributed by atoms with E-state index in [2.05, 4.69) is 77.8 Å². The third-order valence-corrected chi connectivity index (χ3v) is 17.2. The van der Waals surface area contributed by atoms with Crippen molar-refractivity contribution in [3.05, 3.63) is 135 Å². The number of benzene rings is 4. The highest BCUT2D eigenvalue weighted by Gasteiger charge is 2.26. The molecule has 4 aromatic carbocycles. The lowest BCUT2D eigenvalue weighted by atomic mass is 10.00. The van der Waals surface area contributed by atoms with Crippen molar-refractivity contribution in [3.63, 3.8) is 0 Å². The first kappa shape index (κ1) is 54.3. The van der Waals surface area contributed by atoms with Crippen LogP contribution in [0.25, 0.3) is 43.9 Å². The summed E-state index contributed by atoms with van der Waals surface area (Å²) < 4.78 is 24.1. The van der Waals surface area contributed by atoms with Crippen LogP contribution in [0.4, 0.5) is 50.3 Å². The van der Waals surface area contributed by atoms with Crippen LogP contribution in [0.2, 0.25) is 0 Å². The first-order chi connectivity index (χ1) is 37.8. The Balaban J connectivity index is 0.000000134. The molecule has 12 rings (SSSR count). The van der Waals surface area contributed by atoms with Crippen molar-refractivity contribution in [3.8, 4) is 22.8 Å². The van der Waals surface area contributed by atoms with E-state index in [-0.39, 0.29) is 10.7 Å². The smallest absolute Gasteiger partial charge is 0.238 e. The fourth-order valence-corrected chi connectivity index (χ4v) is 12.3. The van der Waals surface area contributed by atoms with E-state index in [0.717, 1.165) is 107 Å². The Morgan fingerprint density at radius 1 is 0.557 bits per heavy atom. The van der Waals surface area contributed by atoms with E-state index in [0.29, 0.717) is 30.0 Å². The minimum atomic E-state index is -3.78. The molecule has 404 valence electrons. The molecule has 0 saturated carbocycles. The van der Waals surface area contributed by atoms with E-state index in [4.69, 9.17) is 25.1 Å².